The van der Waals surface area contributed by atoms with Gasteiger partial charge in [-0.1, -0.05) is 44.0 Å². The van der Waals surface area contributed by atoms with E-state index < -0.39 is 10.0 Å². The van der Waals surface area contributed by atoms with Crippen molar-refractivity contribution in [3.63, 3.8) is 0 Å². The Balaban J connectivity index is 2.11. The van der Waals surface area contributed by atoms with Gasteiger partial charge in [0, 0.05) is 6.07 Å². The molecule has 0 aliphatic carbocycles. The fourth-order valence-electron chi connectivity index (χ4n) is 2.33. The Morgan fingerprint density at radius 1 is 1.18 bits per heavy atom. The second-order valence-corrected chi connectivity index (χ2v) is 7.14. The molecule has 5 nitrogen and oxygen atoms in total. The van der Waals surface area contributed by atoms with E-state index in [1.54, 1.807) is 25.1 Å². The van der Waals surface area contributed by atoms with Gasteiger partial charge in [0.05, 0.1) is 4.90 Å². The summed E-state index contributed by atoms with van der Waals surface area (Å²) in [6.45, 7) is 6.06. The van der Waals surface area contributed by atoms with Crippen LogP contribution in [0.5, 0.6) is 0 Å². The van der Waals surface area contributed by atoms with E-state index in [0.29, 0.717) is 11.7 Å². The van der Waals surface area contributed by atoms with E-state index in [9.17, 15) is 8.42 Å². The number of benzene rings is 1. The molecule has 22 heavy (non-hydrogen) atoms. The van der Waals surface area contributed by atoms with Crippen molar-refractivity contribution in [1.29, 1.82) is 0 Å². The van der Waals surface area contributed by atoms with Crippen LogP contribution in [0.4, 0.5) is 5.82 Å². The Morgan fingerprint density at radius 3 is 2.32 bits per heavy atom. The maximum absolute atomic E-state index is 12.3. The van der Waals surface area contributed by atoms with Crippen LogP contribution >= 0.6 is 0 Å². The molecular formula is C16H22N2O3S. The van der Waals surface area contributed by atoms with Crippen LogP contribution in [0.15, 0.2) is 39.8 Å². The Bertz CT molecular complexity index is 701. The van der Waals surface area contributed by atoms with Crippen LogP contribution in [0.1, 0.15) is 38.0 Å². The molecule has 0 spiro atoms. The van der Waals surface area contributed by atoms with Gasteiger partial charge < -0.3 is 4.52 Å². The maximum atomic E-state index is 12.3. The highest BCUT2D eigenvalue weighted by atomic mass is 32.2. The van der Waals surface area contributed by atoms with E-state index in [0.717, 1.165) is 24.8 Å². The monoisotopic (exact) mass is 322 g/mol. The highest BCUT2D eigenvalue weighted by molar-refractivity contribution is 7.92. The molecule has 0 aliphatic rings. The van der Waals surface area contributed by atoms with Gasteiger partial charge in [-0.25, -0.2) is 8.42 Å². The van der Waals surface area contributed by atoms with E-state index in [-0.39, 0.29) is 10.7 Å². The Morgan fingerprint density at radius 2 is 1.82 bits per heavy atom. The molecule has 0 aliphatic heterocycles. The fourth-order valence-corrected chi connectivity index (χ4v) is 3.31. The summed E-state index contributed by atoms with van der Waals surface area (Å²) in [5, 5.41) is 3.64. The van der Waals surface area contributed by atoms with Crippen LogP contribution < -0.4 is 4.72 Å². The molecule has 6 heteroatoms. The summed E-state index contributed by atoms with van der Waals surface area (Å²) < 4.78 is 31.8. The summed E-state index contributed by atoms with van der Waals surface area (Å²) in [5.41, 5.74) is 1.16. The minimum Gasteiger partial charge on any atom is -0.360 e. The summed E-state index contributed by atoms with van der Waals surface area (Å²) in [7, 11) is -3.63. The van der Waals surface area contributed by atoms with Gasteiger partial charge in [0.1, 0.15) is 5.76 Å². The Kier molecular flexibility index (Phi) is 5.24. The van der Waals surface area contributed by atoms with Crippen LogP contribution in [0.3, 0.4) is 0 Å². The lowest BCUT2D eigenvalue weighted by Gasteiger charge is -2.12. The first-order valence-electron chi connectivity index (χ1n) is 7.49. The predicted molar refractivity (Wildman–Crippen MR) is 86.3 cm³/mol. The fraction of sp³-hybridized carbons (Fsp3) is 0.438. The molecule has 0 unspecified atom stereocenters. The van der Waals surface area contributed by atoms with Gasteiger partial charge in [-0.15, -0.1) is 0 Å². The van der Waals surface area contributed by atoms with Gasteiger partial charge in [-0.3, -0.25) is 4.72 Å². The number of nitrogens with one attached hydrogen (secondary N) is 1. The molecule has 0 fully saturated rings. The van der Waals surface area contributed by atoms with Crippen LogP contribution in [0.2, 0.25) is 0 Å². The second-order valence-electron chi connectivity index (χ2n) is 5.46. The van der Waals surface area contributed by atoms with Gasteiger partial charge in [0.2, 0.25) is 0 Å². The van der Waals surface area contributed by atoms with E-state index in [1.807, 2.05) is 12.1 Å². The van der Waals surface area contributed by atoms with Gasteiger partial charge >= 0.3 is 0 Å². The zero-order valence-electron chi connectivity index (χ0n) is 13.2. The van der Waals surface area contributed by atoms with Crippen molar-refractivity contribution in [3.05, 3.63) is 41.7 Å². The molecule has 0 bridgehead atoms. The van der Waals surface area contributed by atoms with Crippen molar-refractivity contribution in [3.8, 4) is 0 Å². The summed E-state index contributed by atoms with van der Waals surface area (Å²) >= 11 is 0. The van der Waals surface area contributed by atoms with Crippen molar-refractivity contribution in [2.45, 2.75) is 44.9 Å². The molecular weight excluding hydrogens is 300 g/mol. The molecule has 1 N–H and O–H groups in total. The number of nitrogens with zero attached hydrogens (tertiary/aromatic N) is 1. The Hall–Kier alpha value is -1.82. The van der Waals surface area contributed by atoms with Crippen molar-refractivity contribution in [2.75, 3.05) is 4.72 Å². The number of hydrogen-bond acceptors (Lipinski definition) is 4. The predicted octanol–water partition coefficient (Wildman–Crippen LogP) is 3.76. The normalized spacial score (nSPS) is 11.8. The van der Waals surface area contributed by atoms with Crippen molar-refractivity contribution < 1.29 is 12.9 Å². The molecule has 1 aromatic carbocycles. The van der Waals surface area contributed by atoms with E-state index in [2.05, 4.69) is 23.7 Å². The Labute approximate surface area is 131 Å². The van der Waals surface area contributed by atoms with Crippen LogP contribution in [0.25, 0.3) is 0 Å². The highest BCUT2D eigenvalue weighted by Gasteiger charge is 2.16. The average molecular weight is 322 g/mol. The quantitative estimate of drug-likeness (QED) is 0.842. The van der Waals surface area contributed by atoms with Crippen LogP contribution in [0, 0.1) is 12.8 Å². The first-order chi connectivity index (χ1) is 10.4. The molecule has 2 aromatic rings. The van der Waals surface area contributed by atoms with Gasteiger partial charge in [-0.2, -0.15) is 0 Å². The topological polar surface area (TPSA) is 72.2 Å². The molecule has 0 saturated heterocycles. The number of aromatic nitrogens is 1. The lowest BCUT2D eigenvalue weighted by atomic mass is 9.95. The van der Waals surface area contributed by atoms with Gasteiger partial charge in [-0.05, 0) is 37.0 Å². The minimum atomic E-state index is -3.63. The van der Waals surface area contributed by atoms with Crippen molar-refractivity contribution in [1.82, 2.24) is 5.16 Å². The van der Waals surface area contributed by atoms with E-state index in [1.165, 1.54) is 0 Å². The summed E-state index contributed by atoms with van der Waals surface area (Å²) in [4.78, 5) is 0.224. The van der Waals surface area contributed by atoms with Gasteiger partial charge in [0.25, 0.3) is 10.0 Å². The molecule has 0 atom stereocenters. The molecule has 120 valence electrons. The average Bonchev–Trinajstić information content (AvgIpc) is 2.89. The van der Waals surface area contributed by atoms with Crippen LogP contribution in [-0.4, -0.2) is 13.6 Å². The molecule has 0 saturated carbocycles. The minimum absolute atomic E-state index is 0.193. The number of anilines is 1. The third-order valence-electron chi connectivity index (χ3n) is 3.78. The third kappa shape index (κ3) is 4.10. The second kappa shape index (κ2) is 6.96. The summed E-state index contributed by atoms with van der Waals surface area (Å²) in [6.07, 6.45) is 3.23. The maximum Gasteiger partial charge on any atom is 0.263 e. The number of rotatable bonds is 7. The highest BCUT2D eigenvalue weighted by Crippen LogP contribution is 2.19. The molecule has 1 aromatic heterocycles. The number of sulfonamides is 1. The largest absolute Gasteiger partial charge is 0.360 e. The SMILES string of the molecule is CCC(CC)Cc1ccc(S(=O)(=O)Nc2cc(C)on2)cc1. The zero-order valence-corrected chi connectivity index (χ0v) is 14.0. The summed E-state index contributed by atoms with van der Waals surface area (Å²) in [6, 6.07) is 8.56. The van der Waals surface area contributed by atoms with Gasteiger partial charge in [0.15, 0.2) is 5.82 Å². The standard InChI is InChI=1S/C16H22N2O3S/c1-4-13(5-2)11-14-6-8-15(9-7-14)22(19,20)18-16-10-12(3)21-17-16/h6-10,13H,4-5,11H2,1-3H3,(H,17,18). The number of hydrogen-bond donors (Lipinski definition) is 1. The van der Waals surface area contributed by atoms with Crippen LogP contribution in [-0.2, 0) is 16.4 Å². The number of aryl methyl sites for hydroxylation is 1. The molecule has 2 rings (SSSR count). The lowest BCUT2D eigenvalue weighted by molar-refractivity contribution is 0.400. The third-order valence-corrected chi connectivity index (χ3v) is 5.15. The van der Waals surface area contributed by atoms with E-state index >= 15 is 0 Å². The first-order valence-corrected chi connectivity index (χ1v) is 8.98. The zero-order chi connectivity index (χ0) is 16.2. The van der Waals surface area contributed by atoms with E-state index in [4.69, 9.17) is 4.52 Å². The lowest BCUT2D eigenvalue weighted by Crippen LogP contribution is -2.13. The van der Waals surface area contributed by atoms with Crippen molar-refractivity contribution in [2.24, 2.45) is 5.92 Å². The summed E-state index contributed by atoms with van der Waals surface area (Å²) in [5.74, 6) is 1.38. The smallest absolute Gasteiger partial charge is 0.263 e. The van der Waals surface area contributed by atoms with Crippen molar-refractivity contribution >= 4 is 15.8 Å². The first kappa shape index (κ1) is 16.5. The molecule has 1 heterocycles. The molecule has 0 radical (unpaired) electrons. The molecule has 0 amide bonds.